The van der Waals surface area contributed by atoms with Crippen molar-refractivity contribution in [2.24, 2.45) is 0 Å². The van der Waals surface area contributed by atoms with Crippen LogP contribution in [0.25, 0.3) is 0 Å². The van der Waals surface area contributed by atoms with E-state index in [4.69, 9.17) is 9.84 Å². The maximum absolute atomic E-state index is 8.79. The van der Waals surface area contributed by atoms with E-state index >= 15 is 0 Å². The molecular formula is C16H27NaO2. The van der Waals surface area contributed by atoms with Gasteiger partial charge in [0.25, 0.3) is 0 Å². The summed E-state index contributed by atoms with van der Waals surface area (Å²) in [6.07, 6.45) is 8.96. The molecule has 0 aliphatic carbocycles. The quantitative estimate of drug-likeness (QED) is 0.524. The van der Waals surface area contributed by atoms with Crippen LogP contribution < -0.4 is 4.74 Å². The Bertz CT molecular complexity index is 315. The average Bonchev–Trinajstić information content (AvgIpc) is 2.41. The molecule has 0 aliphatic rings. The van der Waals surface area contributed by atoms with Gasteiger partial charge in [0.1, 0.15) is 12.4 Å². The molecule has 0 aromatic heterocycles. The Balaban J connectivity index is 0.00000324. The molecule has 1 rings (SSSR count). The van der Waals surface area contributed by atoms with Gasteiger partial charge < -0.3 is 9.84 Å². The predicted octanol–water partition coefficient (Wildman–Crippen LogP) is 3.31. The van der Waals surface area contributed by atoms with E-state index in [0.717, 1.165) is 12.2 Å². The minimum atomic E-state index is 0. The third-order valence-electron chi connectivity index (χ3n) is 3.12. The fraction of sp³-hybridized carbons (Fsp3) is 0.625. The van der Waals surface area contributed by atoms with Crippen molar-refractivity contribution in [3.8, 4) is 5.75 Å². The van der Waals surface area contributed by atoms with Gasteiger partial charge in [0.05, 0.1) is 6.61 Å². The van der Waals surface area contributed by atoms with E-state index in [9.17, 15) is 0 Å². The van der Waals surface area contributed by atoms with E-state index in [1.165, 1.54) is 44.1 Å². The molecule has 0 spiro atoms. The van der Waals surface area contributed by atoms with Crippen LogP contribution in [0.4, 0.5) is 0 Å². The summed E-state index contributed by atoms with van der Waals surface area (Å²) in [6.45, 7) is 2.70. The standard InChI is InChI=1S/C16H26O2.Na.H/c1-2-3-4-5-6-7-10-15-11-8-9-12-16(15)18-14-13-17;;/h8-9,11-12,17H,2-7,10,13-14H2,1H3;;. The number of rotatable bonds is 10. The summed E-state index contributed by atoms with van der Waals surface area (Å²) in [6, 6.07) is 8.15. The van der Waals surface area contributed by atoms with Crippen LogP contribution in [0.1, 0.15) is 51.0 Å². The van der Waals surface area contributed by atoms with E-state index < -0.39 is 0 Å². The molecule has 1 N–H and O–H groups in total. The van der Waals surface area contributed by atoms with Crippen molar-refractivity contribution >= 4 is 29.6 Å². The Morgan fingerprint density at radius 1 is 1.00 bits per heavy atom. The van der Waals surface area contributed by atoms with Gasteiger partial charge in [0.15, 0.2) is 0 Å². The molecule has 0 unspecified atom stereocenters. The van der Waals surface area contributed by atoms with Crippen molar-refractivity contribution in [2.45, 2.75) is 51.9 Å². The zero-order valence-corrected chi connectivity index (χ0v) is 11.5. The second kappa shape index (κ2) is 13.0. The molecule has 19 heavy (non-hydrogen) atoms. The molecule has 3 heteroatoms. The molecular weight excluding hydrogens is 247 g/mol. The summed E-state index contributed by atoms with van der Waals surface area (Å²) in [5.41, 5.74) is 1.27. The van der Waals surface area contributed by atoms with Gasteiger partial charge in [-0.15, -0.1) is 0 Å². The Morgan fingerprint density at radius 3 is 2.42 bits per heavy atom. The first-order valence-corrected chi connectivity index (χ1v) is 7.20. The second-order valence-electron chi connectivity index (χ2n) is 4.70. The predicted molar refractivity (Wildman–Crippen MR) is 83.3 cm³/mol. The first-order valence-electron chi connectivity index (χ1n) is 7.20. The Kier molecular flexibility index (Phi) is 13.0. The number of para-hydroxylation sites is 1. The van der Waals surface area contributed by atoms with Gasteiger partial charge in [-0.05, 0) is 24.5 Å². The van der Waals surface area contributed by atoms with E-state index in [0.29, 0.717) is 6.61 Å². The van der Waals surface area contributed by atoms with Crippen LogP contribution in [-0.4, -0.2) is 47.9 Å². The summed E-state index contributed by atoms with van der Waals surface area (Å²) < 4.78 is 5.53. The van der Waals surface area contributed by atoms with Crippen LogP contribution in [0.2, 0.25) is 0 Å². The average molecular weight is 274 g/mol. The molecule has 0 fully saturated rings. The molecule has 104 valence electrons. The number of aryl methyl sites for hydroxylation is 1. The summed E-state index contributed by atoms with van der Waals surface area (Å²) in [5.74, 6) is 0.931. The van der Waals surface area contributed by atoms with E-state index in [1.54, 1.807) is 0 Å². The Hall–Kier alpha value is -0.0200. The van der Waals surface area contributed by atoms with Crippen LogP contribution in [-0.2, 0) is 6.42 Å². The second-order valence-corrected chi connectivity index (χ2v) is 4.70. The van der Waals surface area contributed by atoms with E-state index in [1.807, 2.05) is 12.1 Å². The van der Waals surface area contributed by atoms with E-state index in [-0.39, 0.29) is 36.2 Å². The van der Waals surface area contributed by atoms with Gasteiger partial charge in [-0.2, -0.15) is 0 Å². The van der Waals surface area contributed by atoms with Gasteiger partial charge >= 0.3 is 29.6 Å². The zero-order chi connectivity index (χ0) is 13.1. The van der Waals surface area contributed by atoms with Crippen molar-refractivity contribution in [1.29, 1.82) is 0 Å². The molecule has 0 atom stereocenters. The summed E-state index contributed by atoms with van der Waals surface area (Å²) in [4.78, 5) is 0. The van der Waals surface area contributed by atoms with Gasteiger partial charge in [-0.3, -0.25) is 0 Å². The van der Waals surface area contributed by atoms with Crippen molar-refractivity contribution in [2.75, 3.05) is 13.2 Å². The third kappa shape index (κ3) is 8.69. The van der Waals surface area contributed by atoms with Gasteiger partial charge in [0, 0.05) is 0 Å². The summed E-state index contributed by atoms with van der Waals surface area (Å²) in [5, 5.41) is 8.79. The molecule has 0 saturated carbocycles. The molecule has 0 bridgehead atoms. The normalized spacial score (nSPS) is 10.0. The van der Waals surface area contributed by atoms with Crippen molar-refractivity contribution in [1.82, 2.24) is 0 Å². The van der Waals surface area contributed by atoms with E-state index in [2.05, 4.69) is 19.1 Å². The molecule has 0 saturated heterocycles. The fourth-order valence-electron chi connectivity index (χ4n) is 2.10. The van der Waals surface area contributed by atoms with Crippen LogP contribution in [0.5, 0.6) is 5.75 Å². The molecule has 0 amide bonds. The van der Waals surface area contributed by atoms with Crippen molar-refractivity contribution in [3.63, 3.8) is 0 Å². The number of ether oxygens (including phenoxy) is 1. The number of unbranched alkanes of at least 4 members (excludes halogenated alkanes) is 5. The third-order valence-corrected chi connectivity index (χ3v) is 3.12. The van der Waals surface area contributed by atoms with Gasteiger partial charge in [-0.1, -0.05) is 57.2 Å². The van der Waals surface area contributed by atoms with Crippen LogP contribution >= 0.6 is 0 Å². The van der Waals surface area contributed by atoms with Gasteiger partial charge in [-0.25, -0.2) is 0 Å². The zero-order valence-electron chi connectivity index (χ0n) is 11.5. The number of benzene rings is 1. The number of hydrogen-bond acceptors (Lipinski definition) is 2. The summed E-state index contributed by atoms with van der Waals surface area (Å²) >= 11 is 0. The molecule has 1 aromatic rings. The fourth-order valence-corrected chi connectivity index (χ4v) is 2.10. The maximum atomic E-state index is 8.79. The molecule has 0 radical (unpaired) electrons. The molecule has 1 aromatic carbocycles. The van der Waals surface area contributed by atoms with Crippen LogP contribution in [0, 0.1) is 0 Å². The number of hydrogen-bond donors (Lipinski definition) is 1. The molecule has 2 nitrogen and oxygen atoms in total. The first kappa shape index (κ1) is 19.0. The SMILES string of the molecule is CCCCCCCCc1ccccc1OCCO.[NaH]. The summed E-state index contributed by atoms with van der Waals surface area (Å²) in [7, 11) is 0. The number of aliphatic hydroxyl groups excluding tert-OH is 1. The number of aliphatic hydroxyl groups is 1. The first-order chi connectivity index (χ1) is 8.88. The van der Waals surface area contributed by atoms with Crippen LogP contribution in [0.3, 0.4) is 0 Å². The Morgan fingerprint density at radius 2 is 1.68 bits per heavy atom. The topological polar surface area (TPSA) is 29.5 Å². The van der Waals surface area contributed by atoms with Crippen molar-refractivity contribution < 1.29 is 9.84 Å². The molecule has 0 aliphatic heterocycles. The molecule has 0 heterocycles. The van der Waals surface area contributed by atoms with Gasteiger partial charge in [0.2, 0.25) is 0 Å². The van der Waals surface area contributed by atoms with Crippen molar-refractivity contribution in [3.05, 3.63) is 29.8 Å². The monoisotopic (exact) mass is 274 g/mol. The Labute approximate surface area is 139 Å². The minimum absolute atomic E-state index is 0. The van der Waals surface area contributed by atoms with Crippen LogP contribution in [0.15, 0.2) is 24.3 Å².